The van der Waals surface area contributed by atoms with Crippen LogP contribution in [0.5, 0.6) is 0 Å². The van der Waals surface area contributed by atoms with Crippen molar-refractivity contribution in [2.45, 2.75) is 26.2 Å². The number of H-pyrrole nitrogens is 1. The van der Waals surface area contributed by atoms with Crippen molar-refractivity contribution in [3.8, 4) is 0 Å². The first-order valence-electron chi connectivity index (χ1n) is 6.78. The Bertz CT molecular complexity index is 363. The summed E-state index contributed by atoms with van der Waals surface area (Å²) in [6.07, 6.45) is 6.45. The third-order valence-electron chi connectivity index (χ3n) is 3.54. The Kier molecular flexibility index (Phi) is 4.75. The summed E-state index contributed by atoms with van der Waals surface area (Å²) < 4.78 is 0. The summed E-state index contributed by atoms with van der Waals surface area (Å²) in [6, 6.07) is 0. The second-order valence-corrected chi connectivity index (χ2v) is 4.81. The highest BCUT2D eigenvalue weighted by atomic mass is 16.1. The van der Waals surface area contributed by atoms with Crippen molar-refractivity contribution < 1.29 is 4.79 Å². The van der Waals surface area contributed by atoms with E-state index in [0.717, 1.165) is 44.7 Å². The van der Waals surface area contributed by atoms with Gasteiger partial charge in [0.2, 0.25) is 5.91 Å². The maximum absolute atomic E-state index is 12.0. The largest absolute Gasteiger partial charge is 0.355 e. The molecule has 0 saturated carbocycles. The number of amides is 1. The molecular formula is C13H22N4O. The lowest BCUT2D eigenvalue weighted by atomic mass is 9.97. The Morgan fingerprint density at radius 2 is 2.56 bits per heavy atom. The number of imidazole rings is 1. The summed E-state index contributed by atoms with van der Waals surface area (Å²) in [7, 11) is 0. The third kappa shape index (κ3) is 3.57. The molecule has 18 heavy (non-hydrogen) atoms. The number of rotatable bonds is 5. The number of carbonyl (C=O) groups excluding carboxylic acids is 1. The number of aromatic nitrogens is 2. The lowest BCUT2D eigenvalue weighted by molar-refractivity contribution is -0.126. The fourth-order valence-electron chi connectivity index (χ4n) is 2.44. The SMILES string of the molecule is CCN1CCC[C@H](C(=O)NCCc2ncc[nH]2)C1. The molecule has 5 heteroatoms. The van der Waals surface area contributed by atoms with Crippen molar-refractivity contribution in [3.63, 3.8) is 0 Å². The second-order valence-electron chi connectivity index (χ2n) is 4.81. The van der Waals surface area contributed by atoms with E-state index in [0.29, 0.717) is 6.54 Å². The van der Waals surface area contributed by atoms with E-state index in [-0.39, 0.29) is 11.8 Å². The molecular weight excluding hydrogens is 228 g/mol. The van der Waals surface area contributed by atoms with E-state index >= 15 is 0 Å². The Morgan fingerprint density at radius 3 is 3.28 bits per heavy atom. The van der Waals surface area contributed by atoms with Gasteiger partial charge in [0.05, 0.1) is 5.92 Å². The first-order chi connectivity index (χ1) is 8.79. The van der Waals surface area contributed by atoms with Crippen LogP contribution < -0.4 is 5.32 Å². The molecule has 0 bridgehead atoms. The predicted molar refractivity (Wildman–Crippen MR) is 70.1 cm³/mol. The molecule has 1 aromatic heterocycles. The number of hydrogen-bond donors (Lipinski definition) is 2. The molecule has 1 aliphatic heterocycles. The normalized spacial score (nSPS) is 20.8. The molecule has 0 aliphatic carbocycles. The summed E-state index contributed by atoms with van der Waals surface area (Å²) in [4.78, 5) is 21.5. The van der Waals surface area contributed by atoms with Crippen LogP contribution in [0.3, 0.4) is 0 Å². The minimum Gasteiger partial charge on any atom is -0.355 e. The van der Waals surface area contributed by atoms with E-state index in [1.807, 2.05) is 0 Å². The number of nitrogens with one attached hydrogen (secondary N) is 2. The van der Waals surface area contributed by atoms with E-state index < -0.39 is 0 Å². The van der Waals surface area contributed by atoms with Crippen LogP contribution in [0.2, 0.25) is 0 Å². The molecule has 5 nitrogen and oxygen atoms in total. The summed E-state index contributed by atoms with van der Waals surface area (Å²) >= 11 is 0. The van der Waals surface area contributed by atoms with E-state index in [1.165, 1.54) is 0 Å². The first kappa shape index (κ1) is 13.1. The number of nitrogens with zero attached hydrogens (tertiary/aromatic N) is 2. The fourth-order valence-corrected chi connectivity index (χ4v) is 2.44. The molecule has 2 N–H and O–H groups in total. The Labute approximate surface area is 108 Å². The molecule has 1 saturated heterocycles. The molecule has 100 valence electrons. The summed E-state index contributed by atoms with van der Waals surface area (Å²) in [6.45, 7) is 5.89. The van der Waals surface area contributed by atoms with Crippen molar-refractivity contribution in [3.05, 3.63) is 18.2 Å². The average molecular weight is 250 g/mol. The van der Waals surface area contributed by atoms with Gasteiger partial charge in [-0.05, 0) is 25.9 Å². The number of hydrogen-bond acceptors (Lipinski definition) is 3. The number of piperidine rings is 1. The van der Waals surface area contributed by atoms with Gasteiger partial charge in [-0.15, -0.1) is 0 Å². The van der Waals surface area contributed by atoms with Crippen LogP contribution in [-0.4, -0.2) is 47.0 Å². The van der Waals surface area contributed by atoms with Gasteiger partial charge in [0.15, 0.2) is 0 Å². The van der Waals surface area contributed by atoms with Crippen LogP contribution in [0.25, 0.3) is 0 Å². The van der Waals surface area contributed by atoms with Crippen molar-refractivity contribution in [1.29, 1.82) is 0 Å². The van der Waals surface area contributed by atoms with Crippen LogP contribution in [0, 0.1) is 5.92 Å². The first-order valence-corrected chi connectivity index (χ1v) is 6.78. The quantitative estimate of drug-likeness (QED) is 0.812. The second kappa shape index (κ2) is 6.54. The van der Waals surface area contributed by atoms with Crippen molar-refractivity contribution >= 4 is 5.91 Å². The number of carbonyl (C=O) groups is 1. The maximum Gasteiger partial charge on any atom is 0.224 e. The standard InChI is InChI=1S/C13H22N4O/c1-2-17-9-3-4-11(10-17)13(18)16-6-5-12-14-7-8-15-12/h7-8,11H,2-6,9-10H2,1H3,(H,14,15)(H,16,18)/t11-/m0/s1. The van der Waals surface area contributed by atoms with Gasteiger partial charge in [0.25, 0.3) is 0 Å². The molecule has 2 heterocycles. The zero-order chi connectivity index (χ0) is 12.8. The minimum absolute atomic E-state index is 0.162. The molecule has 1 amide bonds. The Hall–Kier alpha value is -1.36. The topological polar surface area (TPSA) is 61.0 Å². The lowest BCUT2D eigenvalue weighted by Crippen LogP contribution is -2.43. The summed E-state index contributed by atoms with van der Waals surface area (Å²) in [5.74, 6) is 1.28. The molecule has 1 aliphatic rings. The highest BCUT2D eigenvalue weighted by Gasteiger charge is 2.24. The van der Waals surface area contributed by atoms with Crippen LogP contribution in [-0.2, 0) is 11.2 Å². The third-order valence-corrected chi connectivity index (χ3v) is 3.54. The highest BCUT2D eigenvalue weighted by molar-refractivity contribution is 5.78. The van der Waals surface area contributed by atoms with Crippen molar-refractivity contribution in [1.82, 2.24) is 20.2 Å². The van der Waals surface area contributed by atoms with Crippen molar-refractivity contribution in [2.24, 2.45) is 5.92 Å². The molecule has 2 rings (SSSR count). The molecule has 1 fully saturated rings. The number of likely N-dealkylation sites (tertiary alicyclic amines) is 1. The van der Waals surface area contributed by atoms with Gasteiger partial charge >= 0.3 is 0 Å². The van der Waals surface area contributed by atoms with E-state index in [9.17, 15) is 4.79 Å². The molecule has 0 aromatic carbocycles. The minimum atomic E-state index is 0.162. The molecule has 0 unspecified atom stereocenters. The molecule has 1 atom stereocenters. The van der Waals surface area contributed by atoms with E-state index in [1.54, 1.807) is 12.4 Å². The van der Waals surface area contributed by atoms with Gasteiger partial charge in [-0.1, -0.05) is 6.92 Å². The van der Waals surface area contributed by atoms with Crippen molar-refractivity contribution in [2.75, 3.05) is 26.2 Å². The monoisotopic (exact) mass is 250 g/mol. The Balaban J connectivity index is 1.70. The van der Waals surface area contributed by atoms with Crippen LogP contribution in [0.15, 0.2) is 12.4 Å². The van der Waals surface area contributed by atoms with Gasteiger partial charge in [-0.3, -0.25) is 4.79 Å². The molecule has 0 spiro atoms. The highest BCUT2D eigenvalue weighted by Crippen LogP contribution is 2.15. The van der Waals surface area contributed by atoms with Crippen LogP contribution >= 0.6 is 0 Å². The van der Waals surface area contributed by atoms with Crippen LogP contribution in [0.4, 0.5) is 0 Å². The summed E-state index contributed by atoms with van der Waals surface area (Å²) in [5, 5.41) is 3.01. The average Bonchev–Trinajstić information content (AvgIpc) is 2.92. The maximum atomic E-state index is 12.0. The van der Waals surface area contributed by atoms with Gasteiger partial charge in [-0.25, -0.2) is 4.98 Å². The van der Waals surface area contributed by atoms with E-state index in [2.05, 4.69) is 27.1 Å². The number of aromatic amines is 1. The van der Waals surface area contributed by atoms with Gasteiger partial charge in [0, 0.05) is 31.9 Å². The molecule has 1 aromatic rings. The fraction of sp³-hybridized carbons (Fsp3) is 0.692. The van der Waals surface area contributed by atoms with E-state index in [4.69, 9.17) is 0 Å². The van der Waals surface area contributed by atoms with Gasteiger partial charge in [-0.2, -0.15) is 0 Å². The predicted octanol–water partition coefficient (Wildman–Crippen LogP) is 0.800. The summed E-state index contributed by atoms with van der Waals surface area (Å²) in [5.41, 5.74) is 0. The van der Waals surface area contributed by atoms with Gasteiger partial charge < -0.3 is 15.2 Å². The van der Waals surface area contributed by atoms with Gasteiger partial charge in [0.1, 0.15) is 5.82 Å². The zero-order valence-corrected chi connectivity index (χ0v) is 11.0. The Morgan fingerprint density at radius 1 is 1.67 bits per heavy atom. The lowest BCUT2D eigenvalue weighted by Gasteiger charge is -2.30. The smallest absolute Gasteiger partial charge is 0.224 e. The zero-order valence-electron chi connectivity index (χ0n) is 11.0. The van der Waals surface area contributed by atoms with Crippen LogP contribution in [0.1, 0.15) is 25.6 Å². The molecule has 0 radical (unpaired) electrons.